The number of nitrogens with one attached hydrogen (secondary N) is 1. The van der Waals surface area contributed by atoms with Crippen LogP contribution in [0.25, 0.3) is 0 Å². The molecule has 0 heterocycles. The molecule has 102 valence electrons. The van der Waals surface area contributed by atoms with E-state index in [1.165, 1.54) is 17.5 Å². The lowest BCUT2D eigenvalue weighted by molar-refractivity contribution is 0.110. The molecule has 0 saturated carbocycles. The zero-order valence-corrected chi connectivity index (χ0v) is 12.0. The van der Waals surface area contributed by atoms with Crippen LogP contribution in [0.15, 0.2) is 24.3 Å². The zero-order valence-electron chi connectivity index (χ0n) is 12.0. The Balaban J connectivity index is 2.23. The van der Waals surface area contributed by atoms with Gasteiger partial charge in [0.1, 0.15) is 0 Å². The van der Waals surface area contributed by atoms with Crippen LogP contribution >= 0.6 is 0 Å². The quantitative estimate of drug-likeness (QED) is 0.673. The molecule has 0 aliphatic heterocycles. The minimum absolute atomic E-state index is 0.719. The summed E-state index contributed by atoms with van der Waals surface area (Å²) < 4.78 is 5.65. The summed E-state index contributed by atoms with van der Waals surface area (Å²) >= 11 is 0. The van der Waals surface area contributed by atoms with Gasteiger partial charge in [-0.2, -0.15) is 0 Å². The van der Waals surface area contributed by atoms with E-state index >= 15 is 0 Å². The second-order valence-corrected chi connectivity index (χ2v) is 5.23. The maximum Gasteiger partial charge on any atom is 0.0716 e. The molecule has 0 radical (unpaired) electrons. The van der Waals surface area contributed by atoms with Crippen LogP contribution in [0.1, 0.15) is 44.7 Å². The molecule has 1 rings (SSSR count). The van der Waals surface area contributed by atoms with E-state index in [0.29, 0.717) is 0 Å². The summed E-state index contributed by atoms with van der Waals surface area (Å²) in [6.45, 7) is 10.3. The molecular weight excluding hydrogens is 222 g/mol. The summed E-state index contributed by atoms with van der Waals surface area (Å²) in [4.78, 5) is 0. The average Bonchev–Trinajstić information content (AvgIpc) is 2.36. The Hall–Kier alpha value is -0.860. The fraction of sp³-hybridized carbons (Fsp3) is 0.625. The van der Waals surface area contributed by atoms with Crippen LogP contribution in [0.4, 0.5) is 0 Å². The zero-order chi connectivity index (χ0) is 13.2. The van der Waals surface area contributed by atoms with Crippen molar-refractivity contribution in [3.8, 4) is 0 Å². The van der Waals surface area contributed by atoms with Crippen LogP contribution in [0, 0.1) is 5.92 Å². The molecule has 18 heavy (non-hydrogen) atoms. The predicted molar refractivity (Wildman–Crippen MR) is 77.6 cm³/mol. The van der Waals surface area contributed by atoms with Gasteiger partial charge in [0.15, 0.2) is 0 Å². The van der Waals surface area contributed by atoms with E-state index in [1.54, 1.807) is 0 Å². The summed E-state index contributed by atoms with van der Waals surface area (Å²) in [6.07, 6.45) is 2.32. The second kappa shape index (κ2) is 9.12. The van der Waals surface area contributed by atoms with Gasteiger partial charge in [0.05, 0.1) is 6.61 Å². The molecule has 2 heteroatoms. The van der Waals surface area contributed by atoms with Crippen molar-refractivity contribution in [2.45, 2.75) is 46.8 Å². The molecule has 1 aromatic rings. The van der Waals surface area contributed by atoms with Crippen LogP contribution in [-0.2, 0) is 17.9 Å². The molecule has 2 nitrogen and oxygen atoms in total. The van der Waals surface area contributed by atoms with Gasteiger partial charge in [-0.3, -0.25) is 0 Å². The predicted octanol–water partition coefficient (Wildman–Crippen LogP) is 3.75. The summed E-state index contributed by atoms with van der Waals surface area (Å²) in [5.41, 5.74) is 2.60. The lowest BCUT2D eigenvalue weighted by Gasteiger charge is -2.08. The molecule has 0 spiro atoms. The van der Waals surface area contributed by atoms with Gasteiger partial charge >= 0.3 is 0 Å². The topological polar surface area (TPSA) is 21.3 Å². The minimum Gasteiger partial charge on any atom is -0.377 e. The molecule has 0 bridgehead atoms. The molecule has 0 amide bonds. The van der Waals surface area contributed by atoms with E-state index in [1.807, 2.05) is 0 Å². The fourth-order valence-electron chi connectivity index (χ4n) is 1.67. The van der Waals surface area contributed by atoms with E-state index in [0.717, 1.165) is 38.6 Å². The maximum absolute atomic E-state index is 5.65. The van der Waals surface area contributed by atoms with Crippen LogP contribution in [0.2, 0.25) is 0 Å². The molecule has 1 aromatic carbocycles. The van der Waals surface area contributed by atoms with Crippen molar-refractivity contribution >= 4 is 0 Å². The van der Waals surface area contributed by atoms with Gasteiger partial charge in [-0.15, -0.1) is 0 Å². The smallest absolute Gasteiger partial charge is 0.0716 e. The molecular formula is C16H27NO. The third-order valence-electron chi connectivity index (χ3n) is 2.89. The lowest BCUT2D eigenvalue weighted by atomic mass is 10.1. The van der Waals surface area contributed by atoms with Crippen molar-refractivity contribution in [2.24, 2.45) is 5.92 Å². The Kier molecular flexibility index (Phi) is 7.70. The van der Waals surface area contributed by atoms with E-state index in [4.69, 9.17) is 4.74 Å². The Morgan fingerprint density at radius 1 is 1.11 bits per heavy atom. The van der Waals surface area contributed by atoms with Gasteiger partial charge in [0, 0.05) is 13.2 Å². The van der Waals surface area contributed by atoms with Crippen LogP contribution in [0.5, 0.6) is 0 Å². The van der Waals surface area contributed by atoms with E-state index in [9.17, 15) is 0 Å². The molecule has 0 saturated heterocycles. The van der Waals surface area contributed by atoms with Crippen LogP contribution < -0.4 is 5.32 Å². The third-order valence-corrected chi connectivity index (χ3v) is 2.89. The van der Waals surface area contributed by atoms with Crippen molar-refractivity contribution < 1.29 is 4.74 Å². The molecule has 0 unspecified atom stereocenters. The van der Waals surface area contributed by atoms with Crippen molar-refractivity contribution in [2.75, 3.05) is 13.2 Å². The second-order valence-electron chi connectivity index (χ2n) is 5.23. The third kappa shape index (κ3) is 6.77. The van der Waals surface area contributed by atoms with E-state index in [2.05, 4.69) is 50.4 Å². The molecule has 0 atom stereocenters. The Labute approximate surface area is 112 Å². The number of benzene rings is 1. The standard InChI is InChI=1S/C16H27NO/c1-4-10-17-12-15-5-7-16(8-6-15)13-18-11-9-14(2)3/h5-8,14,17H,4,9-13H2,1-3H3. The SMILES string of the molecule is CCCNCc1ccc(COCCC(C)C)cc1. The first-order chi connectivity index (χ1) is 8.72. The number of ether oxygens (including phenoxy) is 1. The summed E-state index contributed by atoms with van der Waals surface area (Å²) in [7, 11) is 0. The van der Waals surface area contributed by atoms with Gasteiger partial charge in [-0.25, -0.2) is 0 Å². The number of hydrogen-bond acceptors (Lipinski definition) is 2. The highest BCUT2D eigenvalue weighted by molar-refractivity contribution is 5.21. The Bertz CT molecular complexity index is 305. The van der Waals surface area contributed by atoms with Gasteiger partial charge in [0.2, 0.25) is 0 Å². The highest BCUT2D eigenvalue weighted by Gasteiger charge is 1.97. The van der Waals surface area contributed by atoms with Crippen molar-refractivity contribution in [3.05, 3.63) is 35.4 Å². The number of rotatable bonds is 9. The molecule has 1 N–H and O–H groups in total. The van der Waals surface area contributed by atoms with Gasteiger partial charge in [0.25, 0.3) is 0 Å². The van der Waals surface area contributed by atoms with Crippen LogP contribution in [-0.4, -0.2) is 13.2 Å². The normalized spacial score (nSPS) is 11.1. The van der Waals surface area contributed by atoms with Crippen molar-refractivity contribution in [3.63, 3.8) is 0 Å². The summed E-state index contributed by atoms with van der Waals surface area (Å²) in [5.74, 6) is 0.719. The highest BCUT2D eigenvalue weighted by Crippen LogP contribution is 2.07. The maximum atomic E-state index is 5.65. The Morgan fingerprint density at radius 2 is 1.78 bits per heavy atom. The van der Waals surface area contributed by atoms with Crippen molar-refractivity contribution in [1.82, 2.24) is 5.32 Å². The van der Waals surface area contributed by atoms with Crippen LogP contribution in [0.3, 0.4) is 0 Å². The van der Waals surface area contributed by atoms with E-state index in [-0.39, 0.29) is 0 Å². The minimum atomic E-state index is 0.719. The van der Waals surface area contributed by atoms with Gasteiger partial charge in [-0.1, -0.05) is 45.0 Å². The lowest BCUT2D eigenvalue weighted by Crippen LogP contribution is -2.13. The van der Waals surface area contributed by atoms with Crippen molar-refractivity contribution in [1.29, 1.82) is 0 Å². The molecule has 0 aromatic heterocycles. The largest absolute Gasteiger partial charge is 0.377 e. The first kappa shape index (κ1) is 15.2. The van der Waals surface area contributed by atoms with Gasteiger partial charge < -0.3 is 10.1 Å². The first-order valence-electron chi connectivity index (χ1n) is 7.08. The van der Waals surface area contributed by atoms with Gasteiger partial charge in [-0.05, 0) is 36.4 Å². The molecule has 0 aliphatic carbocycles. The van der Waals surface area contributed by atoms with E-state index < -0.39 is 0 Å². The average molecular weight is 249 g/mol. The Morgan fingerprint density at radius 3 is 2.39 bits per heavy atom. The molecule has 0 aliphatic rings. The first-order valence-corrected chi connectivity index (χ1v) is 7.08. The summed E-state index contributed by atoms with van der Waals surface area (Å²) in [6, 6.07) is 8.70. The fourth-order valence-corrected chi connectivity index (χ4v) is 1.67. The number of hydrogen-bond donors (Lipinski definition) is 1. The molecule has 0 fully saturated rings. The summed E-state index contributed by atoms with van der Waals surface area (Å²) in [5, 5.41) is 3.40. The monoisotopic (exact) mass is 249 g/mol. The highest BCUT2D eigenvalue weighted by atomic mass is 16.5.